The molecule has 2 atom stereocenters. The minimum absolute atomic E-state index is 0. The normalized spacial score (nSPS) is 18.5. The summed E-state index contributed by atoms with van der Waals surface area (Å²) in [6.45, 7) is 2.24. The van der Waals surface area contributed by atoms with Crippen molar-refractivity contribution >= 4 is 12.4 Å². The number of benzene rings is 3. The van der Waals surface area contributed by atoms with Gasteiger partial charge in [0, 0.05) is 26.1 Å². The van der Waals surface area contributed by atoms with E-state index in [1.165, 1.54) is 12.1 Å². The van der Waals surface area contributed by atoms with Gasteiger partial charge in [-0.3, -0.25) is 4.90 Å². The summed E-state index contributed by atoms with van der Waals surface area (Å²) in [5, 5.41) is 12.0. The van der Waals surface area contributed by atoms with Crippen molar-refractivity contribution in [1.29, 1.82) is 0 Å². The molecule has 182 valence electrons. The molecule has 1 fully saturated rings. The standard InChI is InChI=1S/C26H26F3NO3.ClH/c27-26(28,29)33-23-14-8-7-11-21(23)17-25(31,22-12-5-2-6-13-22)24-19-30(15-16-32-24)18-20-9-3-1-4-10-20;/h1-14,24,31H,15-19H2;1H. The Bertz CT molecular complexity index is 1040. The summed E-state index contributed by atoms with van der Waals surface area (Å²) in [7, 11) is 0. The minimum Gasteiger partial charge on any atom is -0.406 e. The van der Waals surface area contributed by atoms with Gasteiger partial charge in [-0.2, -0.15) is 0 Å². The second kappa shape index (κ2) is 11.2. The van der Waals surface area contributed by atoms with Gasteiger partial charge in [0.15, 0.2) is 0 Å². The predicted molar refractivity (Wildman–Crippen MR) is 126 cm³/mol. The zero-order valence-corrected chi connectivity index (χ0v) is 19.3. The molecule has 1 aliphatic heterocycles. The molecular weight excluding hydrogens is 467 g/mol. The fourth-order valence-electron chi connectivity index (χ4n) is 4.27. The number of halogens is 4. The maximum absolute atomic E-state index is 13.0. The number of ether oxygens (including phenoxy) is 2. The second-order valence-electron chi connectivity index (χ2n) is 8.20. The lowest BCUT2D eigenvalue weighted by atomic mass is 9.81. The molecule has 0 saturated carbocycles. The highest BCUT2D eigenvalue weighted by Gasteiger charge is 2.43. The number of hydrogen-bond acceptors (Lipinski definition) is 4. The van der Waals surface area contributed by atoms with Crippen molar-refractivity contribution in [2.24, 2.45) is 0 Å². The molecule has 0 spiro atoms. The smallest absolute Gasteiger partial charge is 0.406 e. The molecule has 0 radical (unpaired) electrons. The van der Waals surface area contributed by atoms with Crippen molar-refractivity contribution < 1.29 is 27.8 Å². The first-order chi connectivity index (χ1) is 15.8. The Kier molecular flexibility index (Phi) is 8.60. The van der Waals surface area contributed by atoms with Gasteiger partial charge in [-0.05, 0) is 22.8 Å². The number of morpholine rings is 1. The van der Waals surface area contributed by atoms with E-state index in [1.54, 1.807) is 36.4 Å². The highest BCUT2D eigenvalue weighted by atomic mass is 35.5. The molecule has 1 heterocycles. The highest BCUT2D eigenvalue weighted by Crippen LogP contribution is 2.37. The van der Waals surface area contributed by atoms with Crippen LogP contribution >= 0.6 is 12.4 Å². The van der Waals surface area contributed by atoms with Crippen molar-refractivity contribution in [3.05, 3.63) is 102 Å². The van der Waals surface area contributed by atoms with Crippen LogP contribution in [0.1, 0.15) is 16.7 Å². The first-order valence-corrected chi connectivity index (χ1v) is 10.8. The SMILES string of the molecule is Cl.OC(Cc1ccccc1OC(F)(F)F)(c1ccccc1)C1CN(Cc2ccccc2)CCO1. The van der Waals surface area contributed by atoms with Gasteiger partial charge in [0.2, 0.25) is 0 Å². The van der Waals surface area contributed by atoms with Crippen molar-refractivity contribution in [1.82, 2.24) is 4.90 Å². The number of hydrogen-bond donors (Lipinski definition) is 1. The molecule has 1 aliphatic rings. The molecule has 1 N–H and O–H groups in total. The summed E-state index contributed by atoms with van der Waals surface area (Å²) in [4.78, 5) is 2.19. The average molecular weight is 494 g/mol. The Balaban J connectivity index is 0.00000324. The van der Waals surface area contributed by atoms with Crippen molar-refractivity contribution in [2.45, 2.75) is 31.0 Å². The van der Waals surface area contributed by atoms with Crippen LogP contribution in [0.5, 0.6) is 5.75 Å². The molecule has 0 amide bonds. The van der Waals surface area contributed by atoms with Gasteiger partial charge in [0.25, 0.3) is 0 Å². The Morgan fingerprint density at radius 1 is 0.912 bits per heavy atom. The van der Waals surface area contributed by atoms with Gasteiger partial charge in [-0.1, -0.05) is 78.9 Å². The van der Waals surface area contributed by atoms with E-state index in [-0.39, 0.29) is 30.1 Å². The van der Waals surface area contributed by atoms with Crippen LogP contribution in [-0.4, -0.2) is 42.2 Å². The molecule has 2 unspecified atom stereocenters. The quantitative estimate of drug-likeness (QED) is 0.482. The summed E-state index contributed by atoms with van der Waals surface area (Å²) >= 11 is 0. The summed E-state index contributed by atoms with van der Waals surface area (Å²) in [6.07, 6.45) is -5.56. The molecule has 3 aromatic rings. The van der Waals surface area contributed by atoms with E-state index in [0.717, 1.165) is 5.56 Å². The maximum Gasteiger partial charge on any atom is 0.573 e. The third-order valence-corrected chi connectivity index (χ3v) is 5.86. The molecule has 8 heteroatoms. The van der Waals surface area contributed by atoms with Gasteiger partial charge >= 0.3 is 6.36 Å². The Morgan fingerprint density at radius 2 is 1.53 bits per heavy atom. The molecule has 4 rings (SSSR count). The van der Waals surface area contributed by atoms with Crippen molar-refractivity contribution in [3.8, 4) is 5.75 Å². The monoisotopic (exact) mass is 493 g/mol. The van der Waals surface area contributed by atoms with E-state index in [1.807, 2.05) is 36.4 Å². The van der Waals surface area contributed by atoms with E-state index in [2.05, 4.69) is 9.64 Å². The van der Waals surface area contributed by atoms with Crippen LogP contribution in [0.3, 0.4) is 0 Å². The van der Waals surface area contributed by atoms with E-state index < -0.39 is 18.1 Å². The van der Waals surface area contributed by atoms with Crippen molar-refractivity contribution in [2.75, 3.05) is 19.7 Å². The molecular formula is C26H27ClF3NO3. The van der Waals surface area contributed by atoms with Crippen LogP contribution in [0.2, 0.25) is 0 Å². The van der Waals surface area contributed by atoms with Crippen LogP contribution < -0.4 is 4.74 Å². The van der Waals surface area contributed by atoms with Crippen LogP contribution in [-0.2, 0) is 23.3 Å². The third-order valence-electron chi connectivity index (χ3n) is 5.86. The lowest BCUT2D eigenvalue weighted by Gasteiger charge is -2.42. The van der Waals surface area contributed by atoms with Crippen LogP contribution in [0.4, 0.5) is 13.2 Å². The first-order valence-electron chi connectivity index (χ1n) is 10.8. The molecule has 0 bridgehead atoms. The largest absolute Gasteiger partial charge is 0.573 e. The fraction of sp³-hybridized carbons (Fsp3) is 0.308. The van der Waals surface area contributed by atoms with Crippen LogP contribution in [0.15, 0.2) is 84.9 Å². The maximum atomic E-state index is 13.0. The van der Waals surface area contributed by atoms with E-state index in [0.29, 0.717) is 31.8 Å². The number of para-hydroxylation sites is 1. The number of rotatable bonds is 7. The van der Waals surface area contributed by atoms with E-state index in [9.17, 15) is 18.3 Å². The fourth-order valence-corrected chi connectivity index (χ4v) is 4.27. The van der Waals surface area contributed by atoms with Gasteiger partial charge in [0.1, 0.15) is 17.5 Å². The van der Waals surface area contributed by atoms with Gasteiger partial charge in [0.05, 0.1) is 6.61 Å². The summed E-state index contributed by atoms with van der Waals surface area (Å²) in [5.41, 5.74) is 0.426. The summed E-state index contributed by atoms with van der Waals surface area (Å²) in [5.74, 6) is -0.323. The topological polar surface area (TPSA) is 41.9 Å². The predicted octanol–water partition coefficient (Wildman–Crippen LogP) is 5.34. The number of alkyl halides is 3. The second-order valence-corrected chi connectivity index (χ2v) is 8.20. The molecule has 4 nitrogen and oxygen atoms in total. The zero-order valence-electron chi connectivity index (χ0n) is 18.4. The minimum atomic E-state index is -4.82. The molecule has 3 aromatic carbocycles. The Labute approximate surface area is 203 Å². The lowest BCUT2D eigenvalue weighted by Crippen LogP contribution is -2.53. The Hall–Kier alpha value is -2.58. The van der Waals surface area contributed by atoms with Crippen LogP contribution in [0.25, 0.3) is 0 Å². The third kappa shape index (κ3) is 6.51. The van der Waals surface area contributed by atoms with E-state index >= 15 is 0 Å². The summed E-state index contributed by atoms with van der Waals surface area (Å²) in [6, 6.07) is 24.9. The summed E-state index contributed by atoms with van der Waals surface area (Å²) < 4.78 is 49.2. The van der Waals surface area contributed by atoms with Gasteiger partial charge in [-0.15, -0.1) is 25.6 Å². The number of aliphatic hydroxyl groups is 1. The average Bonchev–Trinajstić information content (AvgIpc) is 2.81. The van der Waals surface area contributed by atoms with Crippen LogP contribution in [0, 0.1) is 0 Å². The Morgan fingerprint density at radius 3 is 2.21 bits per heavy atom. The zero-order chi connectivity index (χ0) is 23.3. The van der Waals surface area contributed by atoms with Crippen molar-refractivity contribution in [3.63, 3.8) is 0 Å². The van der Waals surface area contributed by atoms with E-state index in [4.69, 9.17) is 4.74 Å². The number of nitrogens with zero attached hydrogens (tertiary/aromatic N) is 1. The highest BCUT2D eigenvalue weighted by molar-refractivity contribution is 5.85. The van der Waals surface area contributed by atoms with Gasteiger partial charge in [-0.25, -0.2) is 0 Å². The molecule has 34 heavy (non-hydrogen) atoms. The molecule has 0 aliphatic carbocycles. The lowest BCUT2D eigenvalue weighted by molar-refractivity contribution is -0.275. The molecule has 0 aromatic heterocycles. The first kappa shape index (κ1) is 26.0. The van der Waals surface area contributed by atoms with Gasteiger partial charge < -0.3 is 14.6 Å². The molecule has 1 saturated heterocycles.